The van der Waals surface area contributed by atoms with Gasteiger partial charge in [-0.2, -0.15) is 0 Å². The fraction of sp³-hybridized carbons (Fsp3) is 0.389. The average Bonchev–Trinajstić information content (AvgIpc) is 2.51. The van der Waals surface area contributed by atoms with E-state index >= 15 is 0 Å². The van der Waals surface area contributed by atoms with E-state index in [-0.39, 0.29) is 0 Å². The quantitative estimate of drug-likeness (QED) is 0.764. The molecule has 0 radical (unpaired) electrons. The van der Waals surface area contributed by atoms with Crippen molar-refractivity contribution in [2.24, 2.45) is 5.92 Å². The molecule has 1 saturated carbocycles. The third kappa shape index (κ3) is 2.86. The second-order valence-corrected chi connectivity index (χ2v) is 5.57. The van der Waals surface area contributed by atoms with Crippen LogP contribution in [-0.2, 0) is 0 Å². The Labute approximate surface area is 115 Å². The van der Waals surface area contributed by atoms with Gasteiger partial charge in [-0.3, -0.25) is 4.98 Å². The summed E-state index contributed by atoms with van der Waals surface area (Å²) in [5.74, 6) is 1.34. The molecule has 0 amide bonds. The minimum absolute atomic E-state index is 0.546. The Kier molecular flexibility index (Phi) is 3.92. The number of benzene rings is 1. The molecule has 0 bridgehead atoms. The number of nitrogens with zero attached hydrogens (tertiary/aromatic N) is 1. The molecular formula is C18H21N. The summed E-state index contributed by atoms with van der Waals surface area (Å²) in [7, 11) is 0. The average molecular weight is 251 g/mol. The van der Waals surface area contributed by atoms with E-state index in [0.717, 1.165) is 5.92 Å². The van der Waals surface area contributed by atoms with Gasteiger partial charge in [0.1, 0.15) is 0 Å². The van der Waals surface area contributed by atoms with E-state index in [0.29, 0.717) is 5.92 Å². The first-order chi connectivity index (χ1) is 9.45. The van der Waals surface area contributed by atoms with Gasteiger partial charge in [0.15, 0.2) is 0 Å². The molecule has 98 valence electrons. The number of rotatable bonds is 3. The van der Waals surface area contributed by atoms with E-state index < -0.39 is 0 Å². The summed E-state index contributed by atoms with van der Waals surface area (Å²) in [6, 6.07) is 15.4. The molecule has 1 fully saturated rings. The van der Waals surface area contributed by atoms with Crippen molar-refractivity contribution in [2.75, 3.05) is 0 Å². The van der Waals surface area contributed by atoms with E-state index in [1.807, 2.05) is 12.4 Å². The topological polar surface area (TPSA) is 12.9 Å². The van der Waals surface area contributed by atoms with E-state index in [1.165, 1.54) is 43.2 Å². The fourth-order valence-electron chi connectivity index (χ4n) is 3.44. The molecule has 1 aliphatic rings. The molecular weight excluding hydrogens is 230 g/mol. The Balaban J connectivity index is 1.96. The maximum absolute atomic E-state index is 4.17. The van der Waals surface area contributed by atoms with Crippen molar-refractivity contribution in [1.29, 1.82) is 0 Å². The molecule has 1 nitrogen and oxygen atoms in total. The zero-order valence-electron chi connectivity index (χ0n) is 11.3. The second-order valence-electron chi connectivity index (χ2n) is 5.57. The largest absolute Gasteiger partial charge is 0.265 e. The molecule has 1 atom stereocenters. The van der Waals surface area contributed by atoms with Crippen LogP contribution in [0.1, 0.15) is 49.1 Å². The molecule has 1 unspecified atom stereocenters. The van der Waals surface area contributed by atoms with Gasteiger partial charge < -0.3 is 0 Å². The molecule has 0 saturated heterocycles. The van der Waals surface area contributed by atoms with Crippen LogP contribution in [0.15, 0.2) is 54.9 Å². The molecule has 1 heteroatoms. The lowest BCUT2D eigenvalue weighted by Gasteiger charge is -2.31. The van der Waals surface area contributed by atoms with Crippen LogP contribution in [0.25, 0.3) is 0 Å². The minimum atomic E-state index is 0.546. The lowest BCUT2D eigenvalue weighted by molar-refractivity contribution is 0.327. The molecule has 0 N–H and O–H groups in total. The van der Waals surface area contributed by atoms with E-state index in [9.17, 15) is 0 Å². The van der Waals surface area contributed by atoms with Gasteiger partial charge in [-0.05, 0) is 42.0 Å². The van der Waals surface area contributed by atoms with Crippen LogP contribution in [0.4, 0.5) is 0 Å². The van der Waals surface area contributed by atoms with Crippen molar-refractivity contribution in [3.63, 3.8) is 0 Å². The van der Waals surface area contributed by atoms with Gasteiger partial charge in [-0.1, -0.05) is 49.6 Å². The van der Waals surface area contributed by atoms with E-state index in [4.69, 9.17) is 0 Å². The third-order valence-electron chi connectivity index (χ3n) is 4.35. The molecule has 19 heavy (non-hydrogen) atoms. The van der Waals surface area contributed by atoms with Crippen LogP contribution in [0, 0.1) is 5.92 Å². The Morgan fingerprint density at radius 2 is 1.42 bits per heavy atom. The number of pyridine rings is 1. The van der Waals surface area contributed by atoms with Gasteiger partial charge in [-0.25, -0.2) is 0 Å². The second kappa shape index (κ2) is 6.01. The number of hydrogen-bond acceptors (Lipinski definition) is 1. The monoisotopic (exact) mass is 251 g/mol. The maximum atomic E-state index is 4.17. The molecule has 2 aromatic rings. The first-order valence-electron chi connectivity index (χ1n) is 7.40. The van der Waals surface area contributed by atoms with Gasteiger partial charge in [0, 0.05) is 18.3 Å². The Morgan fingerprint density at radius 3 is 2.11 bits per heavy atom. The van der Waals surface area contributed by atoms with Gasteiger partial charge in [0.05, 0.1) is 0 Å². The minimum Gasteiger partial charge on any atom is -0.265 e. The Bertz CT molecular complexity index is 446. The molecule has 3 rings (SSSR count). The third-order valence-corrected chi connectivity index (χ3v) is 4.35. The zero-order chi connectivity index (χ0) is 12.9. The summed E-state index contributed by atoms with van der Waals surface area (Å²) in [6.07, 6.45) is 10.8. The summed E-state index contributed by atoms with van der Waals surface area (Å²) in [6.45, 7) is 0. The summed E-state index contributed by atoms with van der Waals surface area (Å²) in [4.78, 5) is 4.17. The summed E-state index contributed by atoms with van der Waals surface area (Å²) < 4.78 is 0. The number of aromatic nitrogens is 1. The molecule has 1 heterocycles. The summed E-state index contributed by atoms with van der Waals surface area (Å²) in [5, 5.41) is 0. The summed E-state index contributed by atoms with van der Waals surface area (Å²) >= 11 is 0. The SMILES string of the molecule is c1ccc(C(c2ccncc2)C2CCCCC2)cc1. The molecule has 0 spiro atoms. The van der Waals surface area contributed by atoms with Crippen LogP contribution in [0.3, 0.4) is 0 Å². The van der Waals surface area contributed by atoms with Crippen molar-refractivity contribution >= 4 is 0 Å². The first-order valence-corrected chi connectivity index (χ1v) is 7.40. The lowest BCUT2D eigenvalue weighted by atomic mass is 9.74. The molecule has 0 aliphatic heterocycles. The van der Waals surface area contributed by atoms with Crippen molar-refractivity contribution in [3.8, 4) is 0 Å². The summed E-state index contributed by atoms with van der Waals surface area (Å²) in [5.41, 5.74) is 2.88. The molecule has 1 aromatic heterocycles. The van der Waals surface area contributed by atoms with Crippen LogP contribution in [-0.4, -0.2) is 4.98 Å². The first kappa shape index (κ1) is 12.4. The highest BCUT2D eigenvalue weighted by atomic mass is 14.6. The van der Waals surface area contributed by atoms with Crippen molar-refractivity contribution in [3.05, 3.63) is 66.0 Å². The van der Waals surface area contributed by atoms with Gasteiger partial charge >= 0.3 is 0 Å². The highest BCUT2D eigenvalue weighted by Gasteiger charge is 2.26. The van der Waals surface area contributed by atoms with E-state index in [2.05, 4.69) is 47.4 Å². The Morgan fingerprint density at radius 1 is 0.789 bits per heavy atom. The normalized spacial score (nSPS) is 18.1. The molecule has 1 aromatic carbocycles. The van der Waals surface area contributed by atoms with Crippen molar-refractivity contribution in [1.82, 2.24) is 4.98 Å². The maximum Gasteiger partial charge on any atom is 0.0270 e. The predicted octanol–water partition coefficient (Wildman–Crippen LogP) is 4.79. The standard InChI is InChI=1S/C18H21N/c1-3-7-15(8-4-1)18(16-9-5-2-6-10-16)17-11-13-19-14-12-17/h1,3-4,7-8,11-14,16,18H,2,5-6,9-10H2. The predicted molar refractivity (Wildman–Crippen MR) is 79.1 cm³/mol. The van der Waals surface area contributed by atoms with Gasteiger partial charge in [0.2, 0.25) is 0 Å². The highest BCUT2D eigenvalue weighted by Crippen LogP contribution is 2.40. The highest BCUT2D eigenvalue weighted by molar-refractivity contribution is 5.32. The van der Waals surface area contributed by atoms with Crippen LogP contribution >= 0.6 is 0 Å². The lowest BCUT2D eigenvalue weighted by Crippen LogP contribution is -2.17. The zero-order valence-corrected chi connectivity index (χ0v) is 11.3. The molecule has 1 aliphatic carbocycles. The fourth-order valence-corrected chi connectivity index (χ4v) is 3.44. The van der Waals surface area contributed by atoms with Gasteiger partial charge in [0.25, 0.3) is 0 Å². The van der Waals surface area contributed by atoms with Crippen molar-refractivity contribution < 1.29 is 0 Å². The van der Waals surface area contributed by atoms with Gasteiger partial charge in [-0.15, -0.1) is 0 Å². The smallest absolute Gasteiger partial charge is 0.0270 e. The van der Waals surface area contributed by atoms with Crippen LogP contribution in [0.5, 0.6) is 0 Å². The van der Waals surface area contributed by atoms with Crippen LogP contribution < -0.4 is 0 Å². The van der Waals surface area contributed by atoms with E-state index in [1.54, 1.807) is 0 Å². The van der Waals surface area contributed by atoms with Crippen LogP contribution in [0.2, 0.25) is 0 Å². The number of hydrogen-bond donors (Lipinski definition) is 0. The Hall–Kier alpha value is -1.63. The van der Waals surface area contributed by atoms with Crippen molar-refractivity contribution in [2.45, 2.75) is 38.0 Å².